The Morgan fingerprint density at radius 3 is 2.81 bits per heavy atom. The normalized spacial score (nSPS) is 14.7. The molecule has 2 heterocycles. The zero-order chi connectivity index (χ0) is 17.8. The maximum Gasteiger partial charge on any atom is 0.247 e. The van der Waals surface area contributed by atoms with Crippen LogP contribution in [-0.2, 0) is 0 Å². The lowest BCUT2D eigenvalue weighted by atomic mass is 10.2. The third-order valence-electron chi connectivity index (χ3n) is 4.65. The number of nitrogens with one attached hydrogen (secondary N) is 1. The number of likely N-dealkylation sites (tertiary alicyclic amines) is 1. The number of para-hydroxylation sites is 1. The smallest absolute Gasteiger partial charge is 0.247 e. The molecule has 26 heavy (non-hydrogen) atoms. The summed E-state index contributed by atoms with van der Waals surface area (Å²) in [7, 11) is 0. The molecule has 0 radical (unpaired) electrons. The molecule has 0 bridgehead atoms. The van der Waals surface area contributed by atoms with Crippen molar-refractivity contribution >= 4 is 22.7 Å². The average Bonchev–Trinajstić information content (AvgIpc) is 3.16. The molecule has 0 amide bonds. The Bertz CT molecular complexity index is 892. The SMILES string of the molecule is Cc1cccc2nnc(Nc3cccc(OCCN4CCCC4)c3)nc12. The zero-order valence-electron chi connectivity index (χ0n) is 15.0. The van der Waals surface area contributed by atoms with E-state index >= 15 is 0 Å². The molecule has 1 saturated heterocycles. The largest absolute Gasteiger partial charge is 0.492 e. The highest BCUT2D eigenvalue weighted by Gasteiger charge is 2.11. The van der Waals surface area contributed by atoms with Crippen LogP contribution >= 0.6 is 0 Å². The number of hydrogen-bond donors (Lipinski definition) is 1. The van der Waals surface area contributed by atoms with Gasteiger partial charge in [-0.25, -0.2) is 4.98 Å². The Balaban J connectivity index is 1.42. The number of benzene rings is 2. The molecule has 134 valence electrons. The van der Waals surface area contributed by atoms with Crippen LogP contribution in [0, 0.1) is 6.92 Å². The van der Waals surface area contributed by atoms with Crippen LogP contribution in [0.1, 0.15) is 18.4 Å². The lowest BCUT2D eigenvalue weighted by Crippen LogP contribution is -2.25. The van der Waals surface area contributed by atoms with Gasteiger partial charge in [-0.3, -0.25) is 4.90 Å². The predicted octanol–water partition coefficient (Wildman–Crippen LogP) is 3.55. The summed E-state index contributed by atoms with van der Waals surface area (Å²) < 4.78 is 5.90. The van der Waals surface area contributed by atoms with Gasteiger partial charge < -0.3 is 10.1 Å². The highest BCUT2D eigenvalue weighted by atomic mass is 16.5. The first-order valence-corrected chi connectivity index (χ1v) is 9.10. The van der Waals surface area contributed by atoms with E-state index < -0.39 is 0 Å². The first-order chi connectivity index (χ1) is 12.8. The fourth-order valence-corrected chi connectivity index (χ4v) is 3.24. The maximum atomic E-state index is 5.90. The number of aromatic nitrogens is 3. The number of fused-ring (bicyclic) bond motifs is 1. The van der Waals surface area contributed by atoms with E-state index in [1.165, 1.54) is 25.9 Å². The Morgan fingerprint density at radius 1 is 1.08 bits per heavy atom. The van der Waals surface area contributed by atoms with Gasteiger partial charge in [0.1, 0.15) is 17.9 Å². The number of nitrogens with zero attached hydrogens (tertiary/aromatic N) is 4. The average molecular weight is 349 g/mol. The van der Waals surface area contributed by atoms with E-state index in [4.69, 9.17) is 4.74 Å². The zero-order valence-corrected chi connectivity index (χ0v) is 15.0. The summed E-state index contributed by atoms with van der Waals surface area (Å²) in [5.41, 5.74) is 3.63. The monoisotopic (exact) mass is 349 g/mol. The molecule has 6 heteroatoms. The van der Waals surface area contributed by atoms with Gasteiger partial charge in [-0.2, -0.15) is 0 Å². The fraction of sp³-hybridized carbons (Fsp3) is 0.350. The van der Waals surface area contributed by atoms with Crippen LogP contribution < -0.4 is 10.1 Å². The van der Waals surface area contributed by atoms with E-state index in [1.54, 1.807) is 0 Å². The third-order valence-corrected chi connectivity index (χ3v) is 4.65. The van der Waals surface area contributed by atoms with Crippen molar-refractivity contribution in [1.29, 1.82) is 0 Å². The van der Waals surface area contributed by atoms with Crippen LogP contribution in [-0.4, -0.2) is 46.3 Å². The predicted molar refractivity (Wildman–Crippen MR) is 103 cm³/mol. The van der Waals surface area contributed by atoms with Crippen LogP contribution in [0.25, 0.3) is 11.0 Å². The second-order valence-corrected chi connectivity index (χ2v) is 6.63. The summed E-state index contributed by atoms with van der Waals surface area (Å²) >= 11 is 0. The lowest BCUT2D eigenvalue weighted by molar-refractivity contribution is 0.238. The van der Waals surface area contributed by atoms with Gasteiger partial charge >= 0.3 is 0 Å². The molecule has 0 spiro atoms. The summed E-state index contributed by atoms with van der Waals surface area (Å²) in [6, 6.07) is 13.8. The molecule has 1 aliphatic heterocycles. The van der Waals surface area contributed by atoms with E-state index in [9.17, 15) is 0 Å². The van der Waals surface area contributed by atoms with Crippen molar-refractivity contribution in [1.82, 2.24) is 20.1 Å². The van der Waals surface area contributed by atoms with Crippen LogP contribution in [0.5, 0.6) is 5.75 Å². The van der Waals surface area contributed by atoms with E-state index in [2.05, 4.69) is 25.4 Å². The molecule has 1 aliphatic rings. The van der Waals surface area contributed by atoms with Gasteiger partial charge in [0.2, 0.25) is 5.95 Å². The molecule has 0 aliphatic carbocycles. The molecule has 0 unspecified atom stereocenters. The first kappa shape index (κ1) is 16.7. The number of ether oxygens (including phenoxy) is 1. The second-order valence-electron chi connectivity index (χ2n) is 6.63. The minimum absolute atomic E-state index is 0.487. The molecule has 6 nitrogen and oxygen atoms in total. The van der Waals surface area contributed by atoms with Gasteiger partial charge in [0.15, 0.2) is 0 Å². The van der Waals surface area contributed by atoms with Gasteiger partial charge in [-0.15, -0.1) is 10.2 Å². The first-order valence-electron chi connectivity index (χ1n) is 9.10. The third kappa shape index (κ3) is 3.91. The standard InChI is InChI=1S/C20H23N5O/c1-15-6-4-9-18-19(15)22-20(24-23-18)21-16-7-5-8-17(14-16)26-13-12-25-10-2-3-11-25/h4-9,14H,2-3,10-13H2,1H3,(H,21,22,24). The van der Waals surface area contributed by atoms with Gasteiger partial charge in [0, 0.05) is 18.3 Å². The van der Waals surface area contributed by atoms with E-state index in [0.717, 1.165) is 34.6 Å². The Morgan fingerprint density at radius 2 is 1.92 bits per heavy atom. The van der Waals surface area contributed by atoms with Crippen molar-refractivity contribution in [2.75, 3.05) is 31.6 Å². The van der Waals surface area contributed by atoms with Crippen molar-refractivity contribution in [3.05, 3.63) is 48.0 Å². The Labute approximate surface area is 153 Å². The Hall–Kier alpha value is -2.73. The van der Waals surface area contributed by atoms with Crippen molar-refractivity contribution < 1.29 is 4.74 Å². The fourth-order valence-electron chi connectivity index (χ4n) is 3.24. The summed E-state index contributed by atoms with van der Waals surface area (Å²) in [6.45, 7) is 6.09. The molecular weight excluding hydrogens is 326 g/mol. The summed E-state index contributed by atoms with van der Waals surface area (Å²) in [5.74, 6) is 1.33. The maximum absolute atomic E-state index is 5.90. The number of hydrogen-bond acceptors (Lipinski definition) is 6. The van der Waals surface area contributed by atoms with Crippen LogP contribution in [0.3, 0.4) is 0 Å². The van der Waals surface area contributed by atoms with Crippen molar-refractivity contribution in [2.24, 2.45) is 0 Å². The molecule has 0 atom stereocenters. The van der Waals surface area contributed by atoms with Crippen molar-refractivity contribution in [2.45, 2.75) is 19.8 Å². The number of aryl methyl sites for hydroxylation is 1. The van der Waals surface area contributed by atoms with Crippen LogP contribution in [0.2, 0.25) is 0 Å². The molecule has 1 aromatic heterocycles. The van der Waals surface area contributed by atoms with Crippen LogP contribution in [0.4, 0.5) is 11.6 Å². The molecule has 2 aromatic carbocycles. The highest BCUT2D eigenvalue weighted by molar-refractivity contribution is 5.78. The topological polar surface area (TPSA) is 63.2 Å². The van der Waals surface area contributed by atoms with Crippen molar-refractivity contribution in [3.8, 4) is 5.75 Å². The molecule has 0 saturated carbocycles. The minimum Gasteiger partial charge on any atom is -0.492 e. The summed E-state index contributed by atoms with van der Waals surface area (Å²) in [6.07, 6.45) is 2.61. The molecule has 1 fully saturated rings. The molecule has 4 rings (SSSR count). The van der Waals surface area contributed by atoms with Crippen molar-refractivity contribution in [3.63, 3.8) is 0 Å². The van der Waals surface area contributed by atoms with E-state index in [0.29, 0.717) is 12.6 Å². The molecular formula is C20H23N5O. The van der Waals surface area contributed by atoms with Gasteiger partial charge in [0.25, 0.3) is 0 Å². The van der Waals surface area contributed by atoms with Crippen LogP contribution in [0.15, 0.2) is 42.5 Å². The molecule has 1 N–H and O–H groups in total. The minimum atomic E-state index is 0.487. The van der Waals surface area contributed by atoms with Gasteiger partial charge in [-0.1, -0.05) is 18.2 Å². The quantitative estimate of drug-likeness (QED) is 0.734. The van der Waals surface area contributed by atoms with Gasteiger partial charge in [-0.05, 0) is 56.6 Å². The van der Waals surface area contributed by atoms with E-state index in [-0.39, 0.29) is 0 Å². The Kier molecular flexibility index (Phi) is 4.93. The van der Waals surface area contributed by atoms with Gasteiger partial charge in [0.05, 0.1) is 5.52 Å². The van der Waals surface area contributed by atoms with E-state index in [1.807, 2.05) is 49.4 Å². The summed E-state index contributed by atoms with van der Waals surface area (Å²) in [5, 5.41) is 11.6. The number of rotatable bonds is 6. The number of anilines is 2. The second kappa shape index (κ2) is 7.66. The lowest BCUT2D eigenvalue weighted by Gasteiger charge is -2.15. The summed E-state index contributed by atoms with van der Waals surface area (Å²) in [4.78, 5) is 7.03. The highest BCUT2D eigenvalue weighted by Crippen LogP contribution is 2.21. The molecule has 3 aromatic rings.